The molecule has 2 aromatic carbocycles. The predicted octanol–water partition coefficient (Wildman–Crippen LogP) is 4.06. The number of nitrogens with zero attached hydrogens (tertiary/aromatic N) is 2. The zero-order chi connectivity index (χ0) is 19.4. The van der Waals surface area contributed by atoms with Crippen LogP contribution in [0.1, 0.15) is 17.3 Å². The van der Waals surface area contributed by atoms with Gasteiger partial charge in [-0.1, -0.05) is 35.5 Å². The number of carbonyl (C=O) groups excluding carboxylic acids is 1. The second-order valence-electron chi connectivity index (χ2n) is 5.99. The van der Waals surface area contributed by atoms with E-state index in [1.807, 2.05) is 19.1 Å². The van der Waals surface area contributed by atoms with E-state index in [0.717, 1.165) is 0 Å². The Balaban J connectivity index is 1.95. The molecule has 5 nitrogen and oxygen atoms in total. The van der Waals surface area contributed by atoms with Crippen molar-refractivity contribution in [2.24, 2.45) is 0 Å². The summed E-state index contributed by atoms with van der Waals surface area (Å²) < 4.78 is 6.70. The van der Waals surface area contributed by atoms with Crippen molar-refractivity contribution in [3.05, 3.63) is 69.5 Å². The molecule has 7 heteroatoms. The smallest absolute Gasteiger partial charge is 0.262 e. The Morgan fingerprint density at radius 1 is 1.22 bits per heavy atom. The number of ether oxygens (including phenoxy) is 1. The third kappa shape index (κ3) is 4.40. The van der Waals surface area contributed by atoms with Crippen molar-refractivity contribution in [3.63, 3.8) is 0 Å². The Labute approximate surface area is 166 Å². The maximum atomic E-state index is 12.9. The number of hydrogen-bond acceptors (Lipinski definition) is 5. The number of hydrogen-bond donors (Lipinski definition) is 0. The van der Waals surface area contributed by atoms with Crippen LogP contribution in [0.2, 0.25) is 5.02 Å². The summed E-state index contributed by atoms with van der Waals surface area (Å²) in [4.78, 5) is 30.2. The molecule has 140 valence electrons. The Kier molecular flexibility index (Phi) is 6.31. The second-order valence-corrected chi connectivity index (χ2v) is 7.74. The van der Waals surface area contributed by atoms with E-state index < -0.39 is 5.25 Å². The van der Waals surface area contributed by atoms with Crippen molar-refractivity contribution < 1.29 is 9.53 Å². The van der Waals surface area contributed by atoms with Gasteiger partial charge < -0.3 is 4.74 Å². The van der Waals surface area contributed by atoms with Crippen LogP contribution in [0.3, 0.4) is 0 Å². The van der Waals surface area contributed by atoms with Gasteiger partial charge in [0, 0.05) is 17.7 Å². The Hall–Kier alpha value is -2.15. The summed E-state index contributed by atoms with van der Waals surface area (Å²) in [6.07, 6.45) is 0. The van der Waals surface area contributed by atoms with Crippen molar-refractivity contribution in [2.45, 2.75) is 23.9 Å². The maximum absolute atomic E-state index is 12.9. The summed E-state index contributed by atoms with van der Waals surface area (Å²) >= 11 is 7.16. The third-order valence-corrected chi connectivity index (χ3v) is 5.47. The number of para-hydroxylation sites is 1. The van der Waals surface area contributed by atoms with Gasteiger partial charge in [0.2, 0.25) is 0 Å². The first-order chi connectivity index (χ1) is 13.0. The third-order valence-electron chi connectivity index (χ3n) is 4.13. The van der Waals surface area contributed by atoms with E-state index in [-0.39, 0.29) is 11.3 Å². The highest BCUT2D eigenvalue weighted by Gasteiger charge is 2.20. The lowest BCUT2D eigenvalue weighted by Gasteiger charge is -2.15. The molecule has 0 aliphatic carbocycles. The lowest BCUT2D eigenvalue weighted by atomic mass is 10.1. The van der Waals surface area contributed by atoms with E-state index in [1.165, 1.54) is 11.8 Å². The van der Waals surface area contributed by atoms with Crippen LogP contribution in [0, 0.1) is 0 Å². The summed E-state index contributed by atoms with van der Waals surface area (Å²) in [6, 6.07) is 14.0. The van der Waals surface area contributed by atoms with Crippen LogP contribution in [0.4, 0.5) is 0 Å². The van der Waals surface area contributed by atoms with Gasteiger partial charge >= 0.3 is 0 Å². The Morgan fingerprint density at radius 3 is 2.63 bits per heavy atom. The van der Waals surface area contributed by atoms with E-state index in [1.54, 1.807) is 48.1 Å². The molecule has 1 atom stereocenters. The van der Waals surface area contributed by atoms with Crippen molar-refractivity contribution in [1.82, 2.24) is 9.55 Å². The number of aromatic nitrogens is 2. The fourth-order valence-electron chi connectivity index (χ4n) is 2.68. The highest BCUT2D eigenvalue weighted by atomic mass is 35.5. The molecule has 0 saturated carbocycles. The number of benzene rings is 2. The second kappa shape index (κ2) is 8.69. The normalized spacial score (nSPS) is 12.3. The lowest BCUT2D eigenvalue weighted by molar-refractivity contribution is 0.0994. The zero-order valence-electron chi connectivity index (χ0n) is 15.0. The van der Waals surface area contributed by atoms with E-state index in [0.29, 0.717) is 39.8 Å². The van der Waals surface area contributed by atoms with Crippen LogP contribution in [0.15, 0.2) is 58.5 Å². The molecule has 0 saturated heterocycles. The minimum Gasteiger partial charge on any atom is -0.383 e. The van der Waals surface area contributed by atoms with Gasteiger partial charge in [-0.05, 0) is 43.3 Å². The van der Waals surface area contributed by atoms with Crippen LogP contribution in [0.5, 0.6) is 0 Å². The molecule has 0 radical (unpaired) electrons. The number of rotatable bonds is 7. The number of halogens is 1. The van der Waals surface area contributed by atoms with E-state index in [9.17, 15) is 9.59 Å². The Bertz CT molecular complexity index is 1020. The molecule has 27 heavy (non-hydrogen) atoms. The lowest BCUT2D eigenvalue weighted by Crippen LogP contribution is -2.26. The zero-order valence-corrected chi connectivity index (χ0v) is 16.6. The van der Waals surface area contributed by atoms with Crippen LogP contribution in [-0.4, -0.2) is 34.3 Å². The highest BCUT2D eigenvalue weighted by molar-refractivity contribution is 8.00. The van der Waals surface area contributed by atoms with E-state index in [2.05, 4.69) is 4.98 Å². The molecule has 0 fully saturated rings. The van der Waals surface area contributed by atoms with E-state index >= 15 is 0 Å². The first-order valence-electron chi connectivity index (χ1n) is 8.46. The average molecular weight is 403 g/mol. The molecule has 0 unspecified atom stereocenters. The van der Waals surface area contributed by atoms with Gasteiger partial charge in [0.1, 0.15) is 0 Å². The van der Waals surface area contributed by atoms with Gasteiger partial charge in [-0.15, -0.1) is 0 Å². The minimum absolute atomic E-state index is 0.0441. The van der Waals surface area contributed by atoms with Gasteiger partial charge in [0.05, 0.1) is 29.3 Å². The van der Waals surface area contributed by atoms with Gasteiger partial charge in [0.15, 0.2) is 10.9 Å². The number of fused-ring (bicyclic) bond motifs is 1. The largest absolute Gasteiger partial charge is 0.383 e. The predicted molar refractivity (Wildman–Crippen MR) is 109 cm³/mol. The molecule has 0 spiro atoms. The van der Waals surface area contributed by atoms with Gasteiger partial charge in [-0.2, -0.15) is 0 Å². The fourth-order valence-corrected chi connectivity index (χ4v) is 3.82. The minimum atomic E-state index is -0.409. The molecule has 0 bridgehead atoms. The number of ketones is 1. The topological polar surface area (TPSA) is 61.2 Å². The highest BCUT2D eigenvalue weighted by Crippen LogP contribution is 2.25. The summed E-state index contributed by atoms with van der Waals surface area (Å²) in [5.74, 6) is -0.0441. The quantitative estimate of drug-likeness (QED) is 0.339. The summed E-state index contributed by atoms with van der Waals surface area (Å²) in [5.41, 5.74) is 1.06. The molecule has 1 heterocycles. The first-order valence-corrected chi connectivity index (χ1v) is 9.72. The SMILES string of the molecule is COCCn1c(S[C@H](C)C(=O)c2ccc(Cl)cc2)nc2ccccc2c1=O. The van der Waals surface area contributed by atoms with Gasteiger partial charge in [-0.25, -0.2) is 4.98 Å². The molecule has 0 amide bonds. The standard InChI is InChI=1S/C20H19ClN2O3S/c1-13(18(24)14-7-9-15(21)10-8-14)27-20-22-17-6-4-3-5-16(17)19(25)23(20)11-12-26-2/h3-10,13H,11-12H2,1-2H3/t13-/m1/s1. The molecule has 0 N–H and O–H groups in total. The molecular weight excluding hydrogens is 384 g/mol. The molecule has 0 aliphatic rings. The first kappa shape index (κ1) is 19.6. The average Bonchev–Trinajstić information content (AvgIpc) is 2.68. The fraction of sp³-hybridized carbons (Fsp3) is 0.250. The van der Waals surface area contributed by atoms with Crippen molar-refractivity contribution >= 4 is 40.0 Å². The number of Topliss-reactive ketones (excluding diaryl/α,β-unsaturated/α-hetero) is 1. The number of carbonyl (C=O) groups is 1. The molecule has 1 aromatic heterocycles. The van der Waals surface area contributed by atoms with Crippen molar-refractivity contribution in [2.75, 3.05) is 13.7 Å². The van der Waals surface area contributed by atoms with E-state index in [4.69, 9.17) is 16.3 Å². The Morgan fingerprint density at radius 2 is 1.93 bits per heavy atom. The molecule has 0 aliphatic heterocycles. The molecule has 3 rings (SSSR count). The molecule has 3 aromatic rings. The number of thioether (sulfide) groups is 1. The monoisotopic (exact) mass is 402 g/mol. The number of methoxy groups -OCH3 is 1. The van der Waals surface area contributed by atoms with Crippen molar-refractivity contribution in [1.29, 1.82) is 0 Å². The van der Waals surface area contributed by atoms with Crippen molar-refractivity contribution in [3.8, 4) is 0 Å². The van der Waals surface area contributed by atoms with Crippen LogP contribution in [0.25, 0.3) is 10.9 Å². The summed E-state index contributed by atoms with van der Waals surface area (Å²) in [7, 11) is 1.58. The van der Waals surface area contributed by atoms with Gasteiger partial charge in [0.25, 0.3) is 5.56 Å². The van der Waals surface area contributed by atoms with Crippen LogP contribution in [-0.2, 0) is 11.3 Å². The summed E-state index contributed by atoms with van der Waals surface area (Å²) in [5, 5.41) is 1.23. The summed E-state index contributed by atoms with van der Waals surface area (Å²) in [6.45, 7) is 2.56. The van der Waals surface area contributed by atoms with Gasteiger partial charge in [-0.3, -0.25) is 14.2 Å². The maximum Gasteiger partial charge on any atom is 0.262 e. The molecular formula is C20H19ClN2O3S. The van der Waals surface area contributed by atoms with Crippen LogP contribution >= 0.6 is 23.4 Å². The van der Waals surface area contributed by atoms with Crippen LogP contribution < -0.4 is 5.56 Å².